The van der Waals surface area contributed by atoms with Crippen LogP contribution in [0.2, 0.25) is 0 Å². The Morgan fingerprint density at radius 2 is 1.53 bits per heavy atom. The van der Waals surface area contributed by atoms with E-state index in [0.29, 0.717) is 18.6 Å². The summed E-state index contributed by atoms with van der Waals surface area (Å²) in [6, 6.07) is 9.83. The zero-order valence-corrected chi connectivity index (χ0v) is 12.5. The topological polar surface area (TPSA) is 32.5 Å². The number of aryl methyl sites for hydroxylation is 1. The molecule has 0 aliphatic carbocycles. The van der Waals surface area contributed by atoms with Gasteiger partial charge in [0.05, 0.1) is 0 Å². The smallest absolute Gasteiger partial charge is 0.0471 e. The molecule has 19 heavy (non-hydrogen) atoms. The van der Waals surface area contributed by atoms with Gasteiger partial charge >= 0.3 is 0 Å². The second kappa shape index (κ2) is 6.51. The van der Waals surface area contributed by atoms with Gasteiger partial charge in [0.2, 0.25) is 0 Å². The summed E-state index contributed by atoms with van der Waals surface area (Å²) < 4.78 is 0. The van der Waals surface area contributed by atoms with Crippen molar-refractivity contribution in [3.8, 4) is 0 Å². The molecule has 3 heteroatoms. The van der Waals surface area contributed by atoms with Crippen LogP contribution in [0.1, 0.15) is 31.0 Å². The lowest BCUT2D eigenvalue weighted by molar-refractivity contribution is 0.0802. The predicted octanol–water partition coefficient (Wildman–Crippen LogP) is 2.02. The molecule has 0 amide bonds. The fraction of sp³-hybridized carbons (Fsp3) is 0.625. The molecule has 0 bridgehead atoms. The van der Waals surface area contributed by atoms with Crippen molar-refractivity contribution in [2.75, 3.05) is 32.7 Å². The first-order chi connectivity index (χ1) is 9.11. The van der Waals surface area contributed by atoms with Crippen LogP contribution in [0.15, 0.2) is 24.3 Å². The average molecular weight is 261 g/mol. The van der Waals surface area contributed by atoms with Gasteiger partial charge in [0.25, 0.3) is 0 Å². The Bertz CT molecular complexity index is 377. The first-order valence-electron chi connectivity index (χ1n) is 7.36. The number of piperazine rings is 1. The third-order valence-electron chi connectivity index (χ3n) is 4.21. The Morgan fingerprint density at radius 1 is 1.00 bits per heavy atom. The highest BCUT2D eigenvalue weighted by atomic mass is 15.3. The van der Waals surface area contributed by atoms with Crippen LogP contribution >= 0.6 is 0 Å². The van der Waals surface area contributed by atoms with E-state index in [9.17, 15) is 0 Å². The molecule has 0 radical (unpaired) electrons. The lowest BCUT2D eigenvalue weighted by Crippen LogP contribution is -2.50. The van der Waals surface area contributed by atoms with Crippen LogP contribution < -0.4 is 5.73 Å². The minimum atomic E-state index is 0.370. The van der Waals surface area contributed by atoms with Gasteiger partial charge < -0.3 is 5.73 Å². The molecule has 1 saturated heterocycles. The monoisotopic (exact) mass is 261 g/mol. The van der Waals surface area contributed by atoms with Gasteiger partial charge in [0.15, 0.2) is 0 Å². The van der Waals surface area contributed by atoms with E-state index in [2.05, 4.69) is 54.8 Å². The maximum Gasteiger partial charge on any atom is 0.0471 e. The van der Waals surface area contributed by atoms with Crippen molar-refractivity contribution in [2.24, 2.45) is 5.73 Å². The Morgan fingerprint density at radius 3 is 2.00 bits per heavy atom. The third kappa shape index (κ3) is 3.56. The summed E-state index contributed by atoms with van der Waals surface area (Å²) in [5.74, 6) is 0. The molecule has 1 unspecified atom stereocenters. The molecule has 1 aliphatic heterocycles. The highest BCUT2D eigenvalue weighted by Crippen LogP contribution is 2.22. The second-order valence-electron chi connectivity index (χ2n) is 5.83. The van der Waals surface area contributed by atoms with Crippen LogP contribution in [-0.4, -0.2) is 48.6 Å². The van der Waals surface area contributed by atoms with Crippen LogP contribution in [0.3, 0.4) is 0 Å². The molecule has 2 N–H and O–H groups in total. The fourth-order valence-electron chi connectivity index (χ4n) is 2.85. The van der Waals surface area contributed by atoms with Crippen molar-refractivity contribution < 1.29 is 0 Å². The number of nitrogens with zero attached hydrogens (tertiary/aromatic N) is 2. The molecule has 2 rings (SSSR count). The Kier molecular flexibility index (Phi) is 4.97. The van der Waals surface area contributed by atoms with Crippen molar-refractivity contribution in [1.82, 2.24) is 9.80 Å². The largest absolute Gasteiger partial charge is 0.329 e. The molecule has 1 atom stereocenters. The minimum absolute atomic E-state index is 0.370. The average Bonchev–Trinajstić information content (AvgIpc) is 2.42. The quantitative estimate of drug-likeness (QED) is 0.900. The summed E-state index contributed by atoms with van der Waals surface area (Å²) in [7, 11) is 0. The van der Waals surface area contributed by atoms with Gasteiger partial charge in [-0.1, -0.05) is 29.8 Å². The van der Waals surface area contributed by atoms with Crippen LogP contribution in [0, 0.1) is 6.92 Å². The number of rotatable bonds is 4. The summed E-state index contributed by atoms with van der Waals surface area (Å²) >= 11 is 0. The maximum atomic E-state index is 6.01. The van der Waals surface area contributed by atoms with E-state index in [4.69, 9.17) is 5.73 Å². The first kappa shape index (κ1) is 14.5. The zero-order valence-electron chi connectivity index (χ0n) is 12.5. The second-order valence-corrected chi connectivity index (χ2v) is 5.83. The maximum absolute atomic E-state index is 6.01. The van der Waals surface area contributed by atoms with E-state index < -0.39 is 0 Å². The van der Waals surface area contributed by atoms with E-state index in [1.807, 2.05) is 0 Å². The Labute approximate surface area is 117 Å². The molecule has 1 aromatic carbocycles. The van der Waals surface area contributed by atoms with Gasteiger partial charge in [0.1, 0.15) is 0 Å². The van der Waals surface area contributed by atoms with E-state index in [0.717, 1.165) is 26.2 Å². The van der Waals surface area contributed by atoms with Crippen LogP contribution in [0.5, 0.6) is 0 Å². The summed E-state index contributed by atoms with van der Waals surface area (Å²) in [4.78, 5) is 5.07. The predicted molar refractivity (Wildman–Crippen MR) is 81.3 cm³/mol. The number of hydrogen-bond donors (Lipinski definition) is 1. The highest BCUT2D eigenvalue weighted by molar-refractivity contribution is 5.24. The van der Waals surface area contributed by atoms with Crippen LogP contribution in [0.25, 0.3) is 0 Å². The molecule has 1 aromatic rings. The van der Waals surface area contributed by atoms with Crippen molar-refractivity contribution in [2.45, 2.75) is 32.9 Å². The van der Waals surface area contributed by atoms with Crippen LogP contribution in [0.4, 0.5) is 0 Å². The first-order valence-corrected chi connectivity index (χ1v) is 7.36. The fourth-order valence-corrected chi connectivity index (χ4v) is 2.85. The molecule has 3 nitrogen and oxygen atoms in total. The number of benzene rings is 1. The number of nitrogens with two attached hydrogens (primary N) is 1. The van der Waals surface area contributed by atoms with Crippen molar-refractivity contribution in [3.63, 3.8) is 0 Å². The normalized spacial score (nSPS) is 19.8. The van der Waals surface area contributed by atoms with Crippen LogP contribution in [-0.2, 0) is 0 Å². The van der Waals surface area contributed by atoms with Gasteiger partial charge in [-0.15, -0.1) is 0 Å². The Balaban J connectivity index is 2.01. The van der Waals surface area contributed by atoms with Gasteiger partial charge in [-0.2, -0.15) is 0 Å². The van der Waals surface area contributed by atoms with E-state index in [1.54, 1.807) is 0 Å². The lowest BCUT2D eigenvalue weighted by atomic mass is 10.0. The lowest BCUT2D eigenvalue weighted by Gasteiger charge is -2.40. The van der Waals surface area contributed by atoms with Crippen molar-refractivity contribution in [3.05, 3.63) is 35.4 Å². The molecule has 0 spiro atoms. The van der Waals surface area contributed by atoms with E-state index >= 15 is 0 Å². The van der Waals surface area contributed by atoms with Gasteiger partial charge in [-0.3, -0.25) is 9.80 Å². The van der Waals surface area contributed by atoms with Gasteiger partial charge in [-0.25, -0.2) is 0 Å². The van der Waals surface area contributed by atoms with Gasteiger partial charge in [0, 0.05) is 44.8 Å². The molecule has 1 fully saturated rings. The number of hydrogen-bond acceptors (Lipinski definition) is 3. The summed E-state index contributed by atoms with van der Waals surface area (Å²) in [5, 5.41) is 0. The Hall–Kier alpha value is -0.900. The molecular formula is C16H27N3. The van der Waals surface area contributed by atoms with Crippen molar-refractivity contribution in [1.29, 1.82) is 0 Å². The van der Waals surface area contributed by atoms with E-state index in [-0.39, 0.29) is 0 Å². The standard InChI is InChI=1S/C16H27N3/c1-13(2)18-8-10-19(11-9-18)16(12-17)15-6-4-14(3)5-7-15/h4-7,13,16H,8-12,17H2,1-3H3. The third-order valence-corrected chi connectivity index (χ3v) is 4.21. The molecular weight excluding hydrogens is 234 g/mol. The van der Waals surface area contributed by atoms with Crippen molar-refractivity contribution >= 4 is 0 Å². The summed E-state index contributed by atoms with van der Waals surface area (Å²) in [6.07, 6.45) is 0. The van der Waals surface area contributed by atoms with Gasteiger partial charge in [-0.05, 0) is 26.3 Å². The molecule has 0 saturated carbocycles. The molecule has 106 valence electrons. The molecule has 0 aromatic heterocycles. The SMILES string of the molecule is Cc1ccc(C(CN)N2CCN(C(C)C)CC2)cc1. The highest BCUT2D eigenvalue weighted by Gasteiger charge is 2.24. The molecule has 1 aliphatic rings. The summed E-state index contributed by atoms with van der Waals surface area (Å²) in [5.41, 5.74) is 8.68. The minimum Gasteiger partial charge on any atom is -0.329 e. The molecule has 1 heterocycles. The zero-order chi connectivity index (χ0) is 13.8. The summed E-state index contributed by atoms with van der Waals surface area (Å²) in [6.45, 7) is 11.9. The van der Waals surface area contributed by atoms with E-state index in [1.165, 1.54) is 11.1 Å².